The lowest BCUT2D eigenvalue weighted by molar-refractivity contribution is -0.165. The zero-order valence-electron chi connectivity index (χ0n) is 75.3. The summed E-state index contributed by atoms with van der Waals surface area (Å²) in [5.74, 6) is -9.54. The first-order valence-electron chi connectivity index (χ1n) is 40.2. The lowest BCUT2D eigenvalue weighted by Gasteiger charge is -2.35. The summed E-state index contributed by atoms with van der Waals surface area (Å²) in [6.07, 6.45) is 1.12. The van der Waals surface area contributed by atoms with Gasteiger partial charge in [0, 0.05) is 78.3 Å². The van der Waals surface area contributed by atoms with Gasteiger partial charge in [0.2, 0.25) is 11.8 Å². The van der Waals surface area contributed by atoms with Crippen LogP contribution in [0.25, 0.3) is 0 Å². The van der Waals surface area contributed by atoms with Crippen molar-refractivity contribution in [1.29, 1.82) is 0 Å². The van der Waals surface area contributed by atoms with Gasteiger partial charge in [-0.15, -0.1) is 0 Å². The highest BCUT2D eigenvalue weighted by Gasteiger charge is 2.43. The molecule has 2 amide bonds. The minimum atomic E-state index is -1.02. The normalized spacial score (nSPS) is 15.5. The van der Waals surface area contributed by atoms with Crippen molar-refractivity contribution < 1.29 is 110 Å². The number of nitrogens with zero attached hydrogens (tertiary/aromatic N) is 6. The van der Waals surface area contributed by atoms with Crippen molar-refractivity contribution in [3.05, 3.63) is 0 Å². The van der Waals surface area contributed by atoms with Crippen LogP contribution in [0.4, 0.5) is 0 Å². The third-order valence-electron chi connectivity index (χ3n) is 15.7. The third kappa shape index (κ3) is 52.6. The number of ether oxygens (including phenoxy) is 10. The Balaban J connectivity index is 3.76. The lowest BCUT2D eigenvalue weighted by atomic mass is 9.94. The van der Waals surface area contributed by atoms with E-state index < -0.39 is 151 Å². The second-order valence-corrected chi connectivity index (χ2v) is 39.4. The first-order valence-corrected chi connectivity index (χ1v) is 40.2. The number of hydrogen-bond acceptors (Lipinski definition) is 29. The summed E-state index contributed by atoms with van der Waals surface area (Å²) in [6.45, 7) is 49.2. The third-order valence-corrected chi connectivity index (χ3v) is 15.7. The Morgan fingerprint density at radius 2 is 0.456 bits per heavy atom. The molecular formula is C83H148N8O23. The van der Waals surface area contributed by atoms with E-state index in [0.29, 0.717) is 25.7 Å². The Labute approximate surface area is 681 Å². The van der Waals surface area contributed by atoms with E-state index in [0.717, 1.165) is 0 Å². The molecule has 0 bridgehead atoms. The van der Waals surface area contributed by atoms with Gasteiger partial charge in [0.25, 0.3) is 0 Å². The largest absolute Gasteiger partial charge is 0.459 e. The molecule has 114 heavy (non-hydrogen) atoms. The summed E-state index contributed by atoms with van der Waals surface area (Å²) >= 11 is 0. The Bertz CT molecular complexity index is 2680. The van der Waals surface area contributed by atoms with Gasteiger partial charge >= 0.3 is 59.7 Å². The number of rotatable bonds is 44. The van der Waals surface area contributed by atoms with Crippen LogP contribution in [0.15, 0.2) is 0 Å². The van der Waals surface area contributed by atoms with Crippen LogP contribution in [0.5, 0.6) is 0 Å². The number of amides is 2. The van der Waals surface area contributed by atoms with Crippen molar-refractivity contribution in [2.75, 3.05) is 118 Å². The Morgan fingerprint density at radius 3 is 0.623 bits per heavy atom. The molecule has 2 N–H and O–H groups in total. The highest BCUT2D eigenvalue weighted by Crippen LogP contribution is 2.31. The van der Waals surface area contributed by atoms with Crippen molar-refractivity contribution in [3.8, 4) is 0 Å². The van der Waals surface area contributed by atoms with Crippen molar-refractivity contribution in [3.63, 3.8) is 0 Å². The fourth-order valence-electron chi connectivity index (χ4n) is 11.9. The molecule has 0 spiro atoms. The molecular weight excluding hydrogens is 1480 g/mol. The zero-order chi connectivity index (χ0) is 88.1. The molecule has 31 nitrogen and oxygen atoms in total. The molecule has 1 aliphatic carbocycles. The summed E-state index contributed by atoms with van der Waals surface area (Å²) in [6, 6.07) is -2.04. The molecule has 0 aromatic rings. The fraction of sp³-hybridized carbons (Fsp3) is 0.843. The number of ketones is 1. The second-order valence-electron chi connectivity index (χ2n) is 39.4. The minimum absolute atomic E-state index is 0.0100. The molecule has 0 heterocycles. The predicted molar refractivity (Wildman–Crippen MR) is 430 cm³/mol. The highest BCUT2D eigenvalue weighted by atomic mass is 16.6. The molecule has 0 saturated heterocycles. The van der Waals surface area contributed by atoms with Crippen LogP contribution >= 0.6 is 0 Å². The van der Waals surface area contributed by atoms with Crippen molar-refractivity contribution >= 4 is 77.3 Å². The molecule has 0 unspecified atom stereocenters. The lowest BCUT2D eigenvalue weighted by Crippen LogP contribution is -2.51. The van der Waals surface area contributed by atoms with E-state index in [9.17, 15) is 62.3 Å². The Hall–Kier alpha value is -6.93. The van der Waals surface area contributed by atoms with Crippen LogP contribution in [0, 0.1) is 11.8 Å². The first-order chi connectivity index (χ1) is 51.5. The Morgan fingerprint density at radius 1 is 0.281 bits per heavy atom. The van der Waals surface area contributed by atoms with Crippen molar-refractivity contribution in [2.24, 2.45) is 11.8 Å². The highest BCUT2D eigenvalue weighted by molar-refractivity contribution is 5.98. The predicted octanol–water partition coefficient (Wildman–Crippen LogP) is 8.12. The van der Waals surface area contributed by atoms with Gasteiger partial charge in [-0.25, -0.2) is 0 Å². The number of nitrogens with one attached hydrogen (secondary N) is 2. The molecule has 1 rings (SSSR count). The molecule has 1 fully saturated rings. The molecule has 4 atom stereocenters. The summed E-state index contributed by atoms with van der Waals surface area (Å²) in [4.78, 5) is 188. The van der Waals surface area contributed by atoms with Gasteiger partial charge in [-0.2, -0.15) is 0 Å². The van der Waals surface area contributed by atoms with Crippen molar-refractivity contribution in [2.45, 2.75) is 327 Å². The van der Waals surface area contributed by atoms with Gasteiger partial charge in [0.05, 0.1) is 64.2 Å². The van der Waals surface area contributed by atoms with Gasteiger partial charge in [0.1, 0.15) is 73.9 Å². The topological polar surface area (TPSA) is 358 Å². The van der Waals surface area contributed by atoms with E-state index in [2.05, 4.69) is 10.6 Å². The van der Waals surface area contributed by atoms with E-state index in [1.165, 1.54) is 0 Å². The quantitative estimate of drug-likeness (QED) is 0.0330. The summed E-state index contributed by atoms with van der Waals surface area (Å²) in [5.41, 5.74) is -8.85. The molecule has 658 valence electrons. The van der Waals surface area contributed by atoms with E-state index in [1.807, 2.05) is 0 Å². The van der Waals surface area contributed by atoms with Crippen LogP contribution in [0.2, 0.25) is 0 Å². The average molecular weight is 1630 g/mol. The average Bonchev–Trinajstić information content (AvgIpc) is 1.64. The molecule has 31 heteroatoms. The molecule has 1 aliphatic rings. The van der Waals surface area contributed by atoms with Crippen LogP contribution in [0.1, 0.15) is 259 Å². The maximum Gasteiger partial charge on any atom is 0.323 e. The monoisotopic (exact) mass is 1630 g/mol. The second kappa shape index (κ2) is 45.7. The number of carbonyl (C=O) groups excluding carboxylic acids is 13. The van der Waals surface area contributed by atoms with Gasteiger partial charge < -0.3 is 58.0 Å². The first kappa shape index (κ1) is 105. The van der Waals surface area contributed by atoms with Crippen molar-refractivity contribution in [1.82, 2.24) is 40.0 Å². The summed E-state index contributed by atoms with van der Waals surface area (Å²) < 4.78 is 57.5. The van der Waals surface area contributed by atoms with Gasteiger partial charge in [-0.1, -0.05) is 0 Å². The van der Waals surface area contributed by atoms with Gasteiger partial charge in [-0.05, 0) is 246 Å². The molecule has 0 aromatic carbocycles. The number of esters is 10. The Kier molecular flexibility index (Phi) is 42.1. The number of Topliss-reactive ketones (excluding diaryl/α,β-unsaturated/α-hetero) is 1. The van der Waals surface area contributed by atoms with Gasteiger partial charge in [-0.3, -0.25) is 91.7 Å². The number of hydrogen-bond donors (Lipinski definition) is 2. The standard InChI is InChI=1S/C83H148N8O23/c1-74(2,3)105-62(93)49-86(50-63(94)106-75(4,5)6)39-43-90(44-40-87(51-64(95)107-76(7,8)9)52-65(96)108-77(10,11)12)60(72(103)113-82(25,26)27)35-31-33-37-84-70(101)58-47-57(92)48-59(58)71(102)85-38-34-32-36-61(73(104)114-83(28,29)30)91(45-41-88(53-66(97)109-78(13,14)15)54-67(98)110-79(16,17)18)46-42-89(55-68(99)111-80(19,20)21)56-69(100)112-81(22,23)24/h58-61H,31-56H2,1-30H3,(H,84,101)(H,85,102)/t58-,59+,60-,61-/m0/s1. The zero-order valence-corrected chi connectivity index (χ0v) is 75.3. The van der Waals surface area contributed by atoms with E-state index in [-0.39, 0.29) is 149 Å². The minimum Gasteiger partial charge on any atom is -0.459 e. The summed E-state index contributed by atoms with van der Waals surface area (Å²) in [5, 5.41) is 5.83. The van der Waals surface area contributed by atoms with Crippen LogP contribution in [-0.2, 0) is 110 Å². The van der Waals surface area contributed by atoms with Crippen LogP contribution in [0.3, 0.4) is 0 Å². The van der Waals surface area contributed by atoms with E-state index in [1.54, 1.807) is 237 Å². The molecule has 0 aliphatic heterocycles. The SMILES string of the molecule is CC(C)(C)OC(=O)CN(CCN(CCN(CC(=O)OC(C)(C)C)CC(=O)OC(C)(C)C)[C@@H](CCCCNC(=O)[C@H]1CC(=O)C[C@H]1C(=O)NCCCC[C@@H](C(=O)OC(C)(C)C)N(CCN(CC(=O)OC(C)(C)C)CC(=O)OC(C)(C)C)CCN(CC(=O)OC(C)(C)C)CC(=O)OC(C)(C)C)C(=O)OC(C)(C)C)CC(=O)OC(C)(C)C. The smallest absolute Gasteiger partial charge is 0.323 e. The maximum absolute atomic E-state index is 14.7. The summed E-state index contributed by atoms with van der Waals surface area (Å²) in [7, 11) is 0. The number of unbranched alkanes of at least 4 members (excludes halogenated alkanes) is 2. The molecule has 0 aromatic heterocycles. The number of carbonyl (C=O) groups is 13. The van der Waals surface area contributed by atoms with E-state index >= 15 is 0 Å². The van der Waals surface area contributed by atoms with E-state index in [4.69, 9.17) is 47.4 Å². The van der Waals surface area contributed by atoms with Crippen LogP contribution < -0.4 is 10.6 Å². The fourth-order valence-corrected chi connectivity index (χ4v) is 11.9. The molecule has 0 radical (unpaired) electrons. The maximum atomic E-state index is 14.7. The van der Waals surface area contributed by atoms with Gasteiger partial charge in [0.15, 0.2) is 0 Å². The molecule has 1 saturated carbocycles. The van der Waals surface area contributed by atoms with Crippen LogP contribution in [-0.4, -0.2) is 293 Å².